The third kappa shape index (κ3) is 1.73. The van der Waals surface area contributed by atoms with E-state index in [0.717, 1.165) is 5.69 Å². The van der Waals surface area contributed by atoms with Crippen LogP contribution in [0.4, 0.5) is 0 Å². The summed E-state index contributed by atoms with van der Waals surface area (Å²) in [6.07, 6.45) is 6.14. The summed E-state index contributed by atoms with van der Waals surface area (Å²) in [5.41, 5.74) is 2.06. The number of carbonyl (C=O) groups excluding carboxylic acids is 1. The minimum atomic E-state index is -0.818. The second kappa shape index (κ2) is 4.03. The fraction of sp³-hybridized carbons (Fsp3) is 0.182. The molecule has 16 heavy (non-hydrogen) atoms. The number of hydrogen-bond acceptors (Lipinski definition) is 4. The normalized spacial score (nSPS) is 19.1. The highest BCUT2D eigenvalue weighted by Gasteiger charge is 2.20. The highest BCUT2D eigenvalue weighted by molar-refractivity contribution is 6.16. The third-order valence-electron chi connectivity index (χ3n) is 2.24. The molecule has 1 unspecified atom stereocenters. The molecule has 1 aromatic heterocycles. The van der Waals surface area contributed by atoms with Gasteiger partial charge in [-0.15, -0.1) is 0 Å². The van der Waals surface area contributed by atoms with E-state index >= 15 is 0 Å². The summed E-state index contributed by atoms with van der Waals surface area (Å²) in [4.78, 5) is 23.1. The Labute approximate surface area is 92.2 Å². The zero-order valence-corrected chi connectivity index (χ0v) is 8.58. The van der Waals surface area contributed by atoms with Crippen molar-refractivity contribution in [3.05, 3.63) is 29.9 Å². The molecule has 1 aromatic rings. The second-order valence-corrected chi connectivity index (χ2v) is 3.32. The van der Waals surface area contributed by atoms with E-state index in [2.05, 4.69) is 15.0 Å². The summed E-state index contributed by atoms with van der Waals surface area (Å²) >= 11 is 0. The number of aryl methyl sites for hydroxylation is 1. The van der Waals surface area contributed by atoms with E-state index in [9.17, 15) is 4.79 Å². The van der Waals surface area contributed by atoms with Gasteiger partial charge in [-0.05, 0) is 13.0 Å². The Bertz CT molecular complexity index is 539. The molecule has 1 atom stereocenters. The first kappa shape index (κ1) is 10.2. The molecule has 2 rings (SSSR count). The van der Waals surface area contributed by atoms with Gasteiger partial charge in [0.1, 0.15) is 5.92 Å². The van der Waals surface area contributed by atoms with E-state index in [1.165, 1.54) is 6.21 Å². The minimum Gasteiger partial charge on any atom is -0.271 e. The predicted octanol–water partition coefficient (Wildman–Crippen LogP) is 0.919. The lowest BCUT2D eigenvalue weighted by molar-refractivity contribution is -0.118. The molecule has 0 radical (unpaired) electrons. The highest BCUT2D eigenvalue weighted by atomic mass is 16.1. The van der Waals surface area contributed by atoms with Gasteiger partial charge in [0.25, 0.3) is 5.91 Å². The van der Waals surface area contributed by atoms with Crippen molar-refractivity contribution in [3.8, 4) is 6.07 Å². The number of aromatic nitrogens is 2. The van der Waals surface area contributed by atoms with Crippen LogP contribution in [0.1, 0.15) is 11.4 Å². The predicted molar refractivity (Wildman–Crippen MR) is 57.3 cm³/mol. The number of rotatable bonds is 1. The summed E-state index contributed by atoms with van der Waals surface area (Å²) in [6.45, 7) is 1.81. The second-order valence-electron chi connectivity index (χ2n) is 3.32. The van der Waals surface area contributed by atoms with Crippen LogP contribution >= 0.6 is 0 Å². The van der Waals surface area contributed by atoms with Gasteiger partial charge in [-0.1, -0.05) is 0 Å². The maximum absolute atomic E-state index is 11.2. The van der Waals surface area contributed by atoms with Crippen molar-refractivity contribution in [2.45, 2.75) is 6.92 Å². The summed E-state index contributed by atoms with van der Waals surface area (Å²) in [5.74, 6) is -1.26. The molecular weight excluding hydrogens is 204 g/mol. The third-order valence-corrected chi connectivity index (χ3v) is 2.24. The van der Waals surface area contributed by atoms with Crippen molar-refractivity contribution in [1.29, 1.82) is 5.26 Å². The van der Waals surface area contributed by atoms with Crippen LogP contribution in [-0.4, -0.2) is 22.1 Å². The SMILES string of the molecule is Cc1nccnc1C1=CC(C#N)C(=O)N=C1. The van der Waals surface area contributed by atoms with Gasteiger partial charge >= 0.3 is 0 Å². The number of aliphatic imine (C=N–C) groups is 1. The molecule has 1 aliphatic rings. The van der Waals surface area contributed by atoms with Crippen molar-refractivity contribution in [3.63, 3.8) is 0 Å². The van der Waals surface area contributed by atoms with Crippen LogP contribution in [-0.2, 0) is 4.79 Å². The molecule has 0 aromatic carbocycles. The molecule has 0 spiro atoms. The number of allylic oxidation sites excluding steroid dienone is 1. The smallest absolute Gasteiger partial charge is 0.266 e. The molecule has 0 saturated heterocycles. The topological polar surface area (TPSA) is 79.0 Å². The van der Waals surface area contributed by atoms with E-state index in [0.29, 0.717) is 11.3 Å². The number of nitriles is 1. The minimum absolute atomic E-state index is 0.437. The Kier molecular flexibility index (Phi) is 2.56. The largest absolute Gasteiger partial charge is 0.271 e. The van der Waals surface area contributed by atoms with Gasteiger partial charge in [-0.2, -0.15) is 5.26 Å². The fourth-order valence-corrected chi connectivity index (χ4v) is 1.43. The van der Waals surface area contributed by atoms with Crippen molar-refractivity contribution < 1.29 is 4.79 Å². The lowest BCUT2D eigenvalue weighted by Crippen LogP contribution is -2.13. The van der Waals surface area contributed by atoms with Gasteiger partial charge in [-0.3, -0.25) is 14.8 Å². The summed E-state index contributed by atoms with van der Waals surface area (Å²) in [7, 11) is 0. The average Bonchev–Trinajstić information content (AvgIpc) is 2.31. The molecule has 1 aliphatic heterocycles. The number of nitrogens with zero attached hydrogens (tertiary/aromatic N) is 4. The number of amides is 1. The fourth-order valence-electron chi connectivity index (χ4n) is 1.43. The lowest BCUT2D eigenvalue weighted by atomic mass is 10.0. The van der Waals surface area contributed by atoms with Crippen LogP contribution < -0.4 is 0 Å². The standard InChI is InChI=1S/C11H8N4O/c1-7-10(14-3-2-13-7)9-4-8(5-12)11(16)15-6-9/h2-4,6,8H,1H3. The van der Waals surface area contributed by atoms with Gasteiger partial charge in [0.2, 0.25) is 0 Å². The van der Waals surface area contributed by atoms with E-state index in [4.69, 9.17) is 5.26 Å². The molecular formula is C11H8N4O. The molecule has 0 bridgehead atoms. The van der Waals surface area contributed by atoms with Crippen LogP contribution in [0.15, 0.2) is 23.5 Å². The number of carbonyl (C=O) groups is 1. The molecule has 1 amide bonds. The monoisotopic (exact) mass is 212 g/mol. The first-order valence-electron chi connectivity index (χ1n) is 4.69. The van der Waals surface area contributed by atoms with Gasteiger partial charge in [-0.25, -0.2) is 4.99 Å². The molecule has 0 aliphatic carbocycles. The Morgan fingerprint density at radius 1 is 1.38 bits per heavy atom. The van der Waals surface area contributed by atoms with Gasteiger partial charge in [0.15, 0.2) is 0 Å². The molecule has 78 valence electrons. The van der Waals surface area contributed by atoms with E-state index in [1.54, 1.807) is 18.5 Å². The van der Waals surface area contributed by atoms with Crippen LogP contribution in [0.25, 0.3) is 5.57 Å². The van der Waals surface area contributed by atoms with Crippen LogP contribution in [0.2, 0.25) is 0 Å². The van der Waals surface area contributed by atoms with Crippen LogP contribution in [0.3, 0.4) is 0 Å². The maximum atomic E-state index is 11.2. The van der Waals surface area contributed by atoms with Gasteiger partial charge in [0, 0.05) is 24.2 Å². The average molecular weight is 212 g/mol. The zero-order chi connectivity index (χ0) is 11.5. The maximum Gasteiger partial charge on any atom is 0.266 e. The Morgan fingerprint density at radius 2 is 2.12 bits per heavy atom. The lowest BCUT2D eigenvalue weighted by Gasteiger charge is -2.09. The van der Waals surface area contributed by atoms with Crippen LogP contribution in [0, 0.1) is 24.2 Å². The van der Waals surface area contributed by atoms with Gasteiger partial charge in [0.05, 0.1) is 17.5 Å². The molecule has 0 fully saturated rings. The molecule has 5 nitrogen and oxygen atoms in total. The highest BCUT2D eigenvalue weighted by Crippen LogP contribution is 2.19. The first-order chi connectivity index (χ1) is 7.72. The summed E-state index contributed by atoms with van der Waals surface area (Å²) < 4.78 is 0. The molecule has 2 heterocycles. The first-order valence-corrected chi connectivity index (χ1v) is 4.69. The summed E-state index contributed by atoms with van der Waals surface area (Å²) in [5, 5.41) is 8.77. The van der Waals surface area contributed by atoms with Crippen LogP contribution in [0.5, 0.6) is 0 Å². The van der Waals surface area contributed by atoms with Crippen molar-refractivity contribution >= 4 is 17.7 Å². The van der Waals surface area contributed by atoms with E-state index in [1.807, 2.05) is 13.0 Å². The Morgan fingerprint density at radius 3 is 2.81 bits per heavy atom. The Hall–Kier alpha value is -2.35. The van der Waals surface area contributed by atoms with Crippen molar-refractivity contribution in [2.24, 2.45) is 10.9 Å². The molecule has 5 heteroatoms. The zero-order valence-electron chi connectivity index (χ0n) is 8.58. The number of hydrogen-bond donors (Lipinski definition) is 0. The molecule has 0 N–H and O–H groups in total. The molecule has 0 saturated carbocycles. The summed E-state index contributed by atoms with van der Waals surface area (Å²) in [6, 6.07) is 1.89. The number of dihydropyridines is 1. The van der Waals surface area contributed by atoms with Crippen molar-refractivity contribution in [2.75, 3.05) is 0 Å². The van der Waals surface area contributed by atoms with E-state index < -0.39 is 11.8 Å². The Balaban J connectivity index is 2.44. The van der Waals surface area contributed by atoms with Gasteiger partial charge < -0.3 is 0 Å². The van der Waals surface area contributed by atoms with E-state index in [-0.39, 0.29) is 0 Å². The van der Waals surface area contributed by atoms with Crippen molar-refractivity contribution in [1.82, 2.24) is 9.97 Å². The quantitative estimate of drug-likeness (QED) is 0.693.